The van der Waals surface area contributed by atoms with Crippen LogP contribution in [0, 0.1) is 5.92 Å². The van der Waals surface area contributed by atoms with Crippen molar-refractivity contribution in [2.75, 3.05) is 6.16 Å². The van der Waals surface area contributed by atoms with Gasteiger partial charge in [0.05, 0.1) is 0 Å². The van der Waals surface area contributed by atoms with Gasteiger partial charge in [-0.2, -0.15) is 0 Å². The van der Waals surface area contributed by atoms with Gasteiger partial charge in [0, 0.05) is 0 Å². The van der Waals surface area contributed by atoms with Crippen molar-refractivity contribution in [1.82, 2.24) is 0 Å². The minimum absolute atomic E-state index is 0.895. The summed E-state index contributed by atoms with van der Waals surface area (Å²) in [6.45, 7) is 8.20. The molecule has 0 heterocycles. The predicted octanol–water partition coefficient (Wildman–Crippen LogP) is 2.85. The summed E-state index contributed by atoms with van der Waals surface area (Å²) in [5, 5.41) is 0. The Morgan fingerprint density at radius 3 is 2.75 bits per heavy atom. The summed E-state index contributed by atoms with van der Waals surface area (Å²) in [4.78, 5) is 0. The second kappa shape index (κ2) is 5.31. The Bertz CT molecular complexity index is 59.4. The van der Waals surface area contributed by atoms with Crippen LogP contribution in [0.5, 0.6) is 0 Å². The van der Waals surface area contributed by atoms with Gasteiger partial charge in [-0.05, 0) is 12.1 Å². The molecule has 2 unspecified atom stereocenters. The highest BCUT2D eigenvalue weighted by Crippen LogP contribution is 2.16. The van der Waals surface area contributed by atoms with Crippen molar-refractivity contribution in [3.8, 4) is 0 Å². The van der Waals surface area contributed by atoms with Crippen molar-refractivity contribution < 1.29 is 0 Å². The lowest BCUT2D eigenvalue weighted by atomic mass is 10.2. The maximum atomic E-state index is 3.68. The summed E-state index contributed by atoms with van der Waals surface area (Å²) >= 11 is 0. The third-order valence-electron chi connectivity index (χ3n) is 1.31. The van der Waals surface area contributed by atoms with Crippen molar-refractivity contribution in [2.45, 2.75) is 20.3 Å². The van der Waals surface area contributed by atoms with Crippen LogP contribution in [0.3, 0.4) is 0 Å². The molecular formula is C7H15P. The van der Waals surface area contributed by atoms with Crippen LogP contribution >= 0.6 is 8.58 Å². The molecule has 0 fully saturated rings. The Morgan fingerprint density at radius 1 is 1.75 bits per heavy atom. The van der Waals surface area contributed by atoms with Crippen LogP contribution < -0.4 is 0 Å². The van der Waals surface area contributed by atoms with Crippen LogP contribution in [0.2, 0.25) is 0 Å². The van der Waals surface area contributed by atoms with E-state index in [0.717, 1.165) is 14.5 Å². The average molecular weight is 130 g/mol. The largest absolute Gasteiger partial charge is 0.0988 e. The van der Waals surface area contributed by atoms with Gasteiger partial charge in [-0.3, -0.25) is 0 Å². The van der Waals surface area contributed by atoms with Gasteiger partial charge < -0.3 is 0 Å². The van der Waals surface area contributed by atoms with E-state index in [-0.39, 0.29) is 0 Å². The Labute approximate surface area is 54.2 Å². The first kappa shape index (κ1) is 8.17. The van der Waals surface area contributed by atoms with Gasteiger partial charge in [0.2, 0.25) is 0 Å². The van der Waals surface area contributed by atoms with E-state index in [0.29, 0.717) is 0 Å². The summed E-state index contributed by atoms with van der Waals surface area (Å²) in [7, 11) is 0.966. The minimum atomic E-state index is 0.895. The molecule has 0 amide bonds. The Morgan fingerprint density at radius 2 is 2.38 bits per heavy atom. The Balaban J connectivity index is 2.97. The zero-order valence-electron chi connectivity index (χ0n) is 5.78. The van der Waals surface area contributed by atoms with Gasteiger partial charge in [0.25, 0.3) is 0 Å². The summed E-state index contributed by atoms with van der Waals surface area (Å²) < 4.78 is 0. The fourth-order valence-electron chi connectivity index (χ4n) is 0.429. The molecule has 0 aliphatic rings. The van der Waals surface area contributed by atoms with Crippen molar-refractivity contribution in [1.29, 1.82) is 0 Å². The van der Waals surface area contributed by atoms with Crippen LogP contribution in [-0.2, 0) is 0 Å². The molecule has 0 bridgehead atoms. The van der Waals surface area contributed by atoms with Crippen molar-refractivity contribution in [2.24, 2.45) is 5.92 Å². The fraction of sp³-hybridized carbons (Fsp3) is 0.714. The summed E-state index contributed by atoms with van der Waals surface area (Å²) in [6.07, 6.45) is 2.64. The first-order chi connectivity index (χ1) is 3.81. The monoisotopic (exact) mass is 130 g/mol. The van der Waals surface area contributed by atoms with Gasteiger partial charge in [-0.25, -0.2) is 0 Å². The molecule has 0 aromatic rings. The minimum Gasteiger partial charge on any atom is -0.0988 e. The first-order valence-corrected chi connectivity index (χ1v) is 4.44. The molecule has 0 aliphatic heterocycles. The molecule has 0 aliphatic carbocycles. The fourth-order valence-corrected chi connectivity index (χ4v) is 1.29. The molecule has 0 aromatic heterocycles. The molecule has 48 valence electrons. The van der Waals surface area contributed by atoms with Gasteiger partial charge in [-0.1, -0.05) is 41.2 Å². The van der Waals surface area contributed by atoms with Crippen LogP contribution in [0.15, 0.2) is 12.4 Å². The molecule has 0 radical (unpaired) electrons. The quantitative estimate of drug-likeness (QED) is 0.513. The highest BCUT2D eigenvalue weighted by molar-refractivity contribution is 7.41. The molecule has 8 heavy (non-hydrogen) atoms. The smallest absolute Gasteiger partial charge is 0.0293 e. The molecular weight excluding hydrogens is 115 g/mol. The summed E-state index contributed by atoms with van der Waals surface area (Å²) in [5.41, 5.74) is 0. The number of hydrogen-bond donors (Lipinski definition) is 0. The Hall–Kier alpha value is 0.170. The zero-order chi connectivity index (χ0) is 6.41. The normalized spacial score (nSPS) is 14.8. The van der Waals surface area contributed by atoms with Crippen LogP contribution in [0.4, 0.5) is 0 Å². The predicted molar refractivity (Wildman–Crippen MR) is 42.8 cm³/mol. The molecule has 1 heteroatoms. The molecule has 0 saturated heterocycles. The zero-order valence-corrected chi connectivity index (χ0v) is 6.78. The molecule has 0 aromatic carbocycles. The lowest BCUT2D eigenvalue weighted by molar-refractivity contribution is 0.636. The average Bonchev–Trinajstić information content (AvgIpc) is 1.83. The van der Waals surface area contributed by atoms with E-state index in [1.807, 2.05) is 5.82 Å². The van der Waals surface area contributed by atoms with E-state index < -0.39 is 0 Å². The highest BCUT2D eigenvalue weighted by Gasteiger charge is 1.93. The first-order valence-electron chi connectivity index (χ1n) is 3.15. The van der Waals surface area contributed by atoms with Gasteiger partial charge in [0.15, 0.2) is 0 Å². The third-order valence-corrected chi connectivity index (χ3v) is 2.53. The van der Waals surface area contributed by atoms with Crippen LogP contribution in [0.25, 0.3) is 0 Å². The maximum absolute atomic E-state index is 3.68. The highest BCUT2D eigenvalue weighted by atomic mass is 31.1. The molecule has 2 atom stereocenters. The van der Waals surface area contributed by atoms with Crippen molar-refractivity contribution >= 4 is 8.58 Å². The number of hydrogen-bond acceptors (Lipinski definition) is 0. The van der Waals surface area contributed by atoms with E-state index in [4.69, 9.17) is 0 Å². The van der Waals surface area contributed by atoms with Crippen molar-refractivity contribution in [3.05, 3.63) is 12.4 Å². The maximum Gasteiger partial charge on any atom is -0.0293 e. The molecule has 0 nitrogen and oxygen atoms in total. The van der Waals surface area contributed by atoms with Gasteiger partial charge in [0.1, 0.15) is 0 Å². The van der Waals surface area contributed by atoms with E-state index in [2.05, 4.69) is 20.4 Å². The van der Waals surface area contributed by atoms with Crippen LogP contribution in [-0.4, -0.2) is 6.16 Å². The standard InChI is InChI=1S/C7H15P/c1-4-7(3)6-8-5-2/h5,7-8H,2,4,6H2,1,3H3. The van der Waals surface area contributed by atoms with Crippen LogP contribution in [0.1, 0.15) is 20.3 Å². The Kier molecular flexibility index (Phi) is 5.42. The SMILES string of the molecule is C=CPCC(C)CC. The molecule has 0 rings (SSSR count). The molecule has 0 saturated carbocycles. The third kappa shape index (κ3) is 4.33. The lowest BCUT2D eigenvalue weighted by Crippen LogP contribution is -1.91. The van der Waals surface area contributed by atoms with Gasteiger partial charge in [-0.15, -0.1) is 0 Å². The van der Waals surface area contributed by atoms with E-state index in [9.17, 15) is 0 Å². The van der Waals surface area contributed by atoms with E-state index in [1.54, 1.807) is 0 Å². The van der Waals surface area contributed by atoms with E-state index >= 15 is 0 Å². The second-order valence-corrected chi connectivity index (χ2v) is 3.35. The molecule has 0 N–H and O–H groups in total. The topological polar surface area (TPSA) is 0 Å². The molecule has 0 spiro atoms. The van der Waals surface area contributed by atoms with Crippen molar-refractivity contribution in [3.63, 3.8) is 0 Å². The number of rotatable bonds is 4. The van der Waals surface area contributed by atoms with E-state index in [1.165, 1.54) is 12.6 Å². The van der Waals surface area contributed by atoms with Gasteiger partial charge >= 0.3 is 0 Å². The summed E-state index contributed by atoms with van der Waals surface area (Å²) in [5.74, 6) is 2.91. The lowest BCUT2D eigenvalue weighted by Gasteiger charge is -2.03. The summed E-state index contributed by atoms with van der Waals surface area (Å²) in [6, 6.07) is 0. The second-order valence-electron chi connectivity index (χ2n) is 2.13.